The third kappa shape index (κ3) is 2.44. The van der Waals surface area contributed by atoms with Gasteiger partial charge < -0.3 is 10.2 Å². The van der Waals surface area contributed by atoms with E-state index in [0.717, 1.165) is 6.07 Å². The third-order valence-corrected chi connectivity index (χ3v) is 2.84. The first kappa shape index (κ1) is 12.0. The van der Waals surface area contributed by atoms with Crippen LogP contribution < -0.4 is 5.32 Å². The second-order valence-electron chi connectivity index (χ2n) is 4.21. The molecule has 2 rings (SSSR count). The van der Waals surface area contributed by atoms with Gasteiger partial charge in [-0.3, -0.25) is 4.79 Å². The summed E-state index contributed by atoms with van der Waals surface area (Å²) in [6, 6.07) is 3.83. The fraction of sp³-hybridized carbons (Fsp3) is 0.417. The van der Waals surface area contributed by atoms with Gasteiger partial charge in [0.05, 0.1) is 5.56 Å². The number of nitrogens with one attached hydrogen (secondary N) is 1. The molecule has 92 valence electrons. The van der Waals surface area contributed by atoms with E-state index in [1.165, 1.54) is 12.1 Å². The van der Waals surface area contributed by atoms with E-state index >= 15 is 0 Å². The monoisotopic (exact) mass is 240 g/mol. The highest BCUT2D eigenvalue weighted by atomic mass is 19.2. The first-order valence-corrected chi connectivity index (χ1v) is 5.56. The van der Waals surface area contributed by atoms with Crippen LogP contribution in [-0.2, 0) is 0 Å². The van der Waals surface area contributed by atoms with Crippen LogP contribution in [0.15, 0.2) is 18.2 Å². The Kier molecular flexibility index (Phi) is 3.38. The first-order chi connectivity index (χ1) is 8.09. The fourth-order valence-corrected chi connectivity index (χ4v) is 1.96. The van der Waals surface area contributed by atoms with Crippen LogP contribution in [0, 0.1) is 11.6 Å². The van der Waals surface area contributed by atoms with Crippen LogP contribution in [0.4, 0.5) is 8.78 Å². The molecule has 1 N–H and O–H groups in total. The number of carbonyl (C=O) groups is 1. The number of hydrogen-bond donors (Lipinski definition) is 1. The maximum atomic E-state index is 13.5. The van der Waals surface area contributed by atoms with Crippen LogP contribution in [0.5, 0.6) is 0 Å². The zero-order chi connectivity index (χ0) is 12.4. The standard InChI is InChI=1S/C12H14F2N2O/c1-8-7-16(6-5-15-8)12(17)9-3-2-4-10(13)11(9)14/h2-4,8,15H,5-7H2,1H3. The summed E-state index contributed by atoms with van der Waals surface area (Å²) in [7, 11) is 0. The van der Waals surface area contributed by atoms with Crippen molar-refractivity contribution in [2.75, 3.05) is 19.6 Å². The number of carbonyl (C=O) groups excluding carboxylic acids is 1. The average molecular weight is 240 g/mol. The smallest absolute Gasteiger partial charge is 0.257 e. The molecule has 1 amide bonds. The molecule has 1 aromatic rings. The molecule has 1 atom stereocenters. The second-order valence-corrected chi connectivity index (χ2v) is 4.21. The summed E-state index contributed by atoms with van der Waals surface area (Å²) in [5.74, 6) is -2.50. The van der Waals surface area contributed by atoms with Crippen molar-refractivity contribution >= 4 is 5.91 Å². The minimum atomic E-state index is -1.07. The molecule has 0 aliphatic carbocycles. The highest BCUT2D eigenvalue weighted by Gasteiger charge is 2.24. The fourth-order valence-electron chi connectivity index (χ4n) is 1.96. The molecular formula is C12H14F2N2O. The summed E-state index contributed by atoms with van der Waals surface area (Å²) in [4.78, 5) is 13.6. The Balaban J connectivity index is 2.22. The lowest BCUT2D eigenvalue weighted by atomic mass is 10.1. The van der Waals surface area contributed by atoms with Gasteiger partial charge in [-0.2, -0.15) is 0 Å². The molecule has 1 aliphatic rings. The summed E-state index contributed by atoms with van der Waals surface area (Å²) in [6.45, 7) is 3.64. The number of rotatable bonds is 1. The normalized spacial score (nSPS) is 20.4. The van der Waals surface area contributed by atoms with Gasteiger partial charge in [0.2, 0.25) is 0 Å². The Labute approximate surface area is 98.4 Å². The molecule has 0 spiro atoms. The maximum absolute atomic E-state index is 13.5. The number of hydrogen-bond acceptors (Lipinski definition) is 2. The minimum absolute atomic E-state index is 0.171. The molecule has 0 aromatic heterocycles. The Morgan fingerprint density at radius 2 is 2.24 bits per heavy atom. The van der Waals surface area contributed by atoms with Crippen LogP contribution in [0.1, 0.15) is 17.3 Å². The lowest BCUT2D eigenvalue weighted by Crippen LogP contribution is -2.51. The largest absolute Gasteiger partial charge is 0.336 e. The van der Waals surface area contributed by atoms with Gasteiger partial charge in [0.15, 0.2) is 11.6 Å². The highest BCUT2D eigenvalue weighted by molar-refractivity contribution is 5.94. The summed E-state index contributed by atoms with van der Waals surface area (Å²) in [5.41, 5.74) is -0.195. The topological polar surface area (TPSA) is 32.3 Å². The predicted octanol–water partition coefficient (Wildman–Crippen LogP) is 1.40. The Morgan fingerprint density at radius 1 is 1.47 bits per heavy atom. The molecule has 1 fully saturated rings. The van der Waals surface area contributed by atoms with Crippen LogP contribution in [-0.4, -0.2) is 36.5 Å². The van der Waals surface area contributed by atoms with Crippen molar-refractivity contribution < 1.29 is 13.6 Å². The SMILES string of the molecule is CC1CN(C(=O)c2cccc(F)c2F)CCN1. The summed E-state index contributed by atoms with van der Waals surface area (Å²) < 4.78 is 26.5. The van der Waals surface area contributed by atoms with Crippen LogP contribution in [0.2, 0.25) is 0 Å². The molecule has 1 aromatic carbocycles. The number of nitrogens with zero attached hydrogens (tertiary/aromatic N) is 1. The summed E-state index contributed by atoms with van der Waals surface area (Å²) in [5, 5.41) is 3.18. The lowest BCUT2D eigenvalue weighted by Gasteiger charge is -2.32. The zero-order valence-corrected chi connectivity index (χ0v) is 9.54. The quantitative estimate of drug-likeness (QED) is 0.804. The molecule has 3 nitrogen and oxygen atoms in total. The molecule has 1 unspecified atom stereocenters. The molecule has 0 radical (unpaired) electrons. The van der Waals surface area contributed by atoms with Crippen LogP contribution >= 0.6 is 0 Å². The Hall–Kier alpha value is -1.49. The van der Waals surface area contributed by atoms with Crippen LogP contribution in [0.25, 0.3) is 0 Å². The van der Waals surface area contributed by atoms with Crippen molar-refractivity contribution in [1.82, 2.24) is 10.2 Å². The number of piperazine rings is 1. The van der Waals surface area contributed by atoms with Gasteiger partial charge in [-0.15, -0.1) is 0 Å². The predicted molar refractivity (Wildman–Crippen MR) is 59.7 cm³/mol. The van der Waals surface area contributed by atoms with Crippen molar-refractivity contribution in [3.05, 3.63) is 35.4 Å². The first-order valence-electron chi connectivity index (χ1n) is 5.56. The summed E-state index contributed by atoms with van der Waals surface area (Å²) >= 11 is 0. The Morgan fingerprint density at radius 3 is 2.94 bits per heavy atom. The van der Waals surface area contributed by atoms with Crippen molar-refractivity contribution in [3.8, 4) is 0 Å². The molecule has 0 bridgehead atoms. The molecule has 1 heterocycles. The molecule has 5 heteroatoms. The van der Waals surface area contributed by atoms with E-state index in [0.29, 0.717) is 19.6 Å². The van der Waals surface area contributed by atoms with Gasteiger partial charge in [0.1, 0.15) is 0 Å². The minimum Gasteiger partial charge on any atom is -0.336 e. The van der Waals surface area contributed by atoms with Gasteiger partial charge in [-0.25, -0.2) is 8.78 Å². The van der Waals surface area contributed by atoms with E-state index in [-0.39, 0.29) is 11.6 Å². The van der Waals surface area contributed by atoms with E-state index in [1.54, 1.807) is 4.90 Å². The number of amides is 1. The number of benzene rings is 1. The van der Waals surface area contributed by atoms with E-state index in [1.807, 2.05) is 6.92 Å². The van der Waals surface area contributed by atoms with Gasteiger partial charge in [0.25, 0.3) is 5.91 Å². The zero-order valence-electron chi connectivity index (χ0n) is 9.54. The van der Waals surface area contributed by atoms with Crippen molar-refractivity contribution in [2.24, 2.45) is 0 Å². The maximum Gasteiger partial charge on any atom is 0.257 e. The van der Waals surface area contributed by atoms with E-state index in [2.05, 4.69) is 5.32 Å². The lowest BCUT2D eigenvalue weighted by molar-refractivity contribution is 0.0703. The van der Waals surface area contributed by atoms with Gasteiger partial charge in [0, 0.05) is 25.7 Å². The van der Waals surface area contributed by atoms with E-state index in [4.69, 9.17) is 0 Å². The highest BCUT2D eigenvalue weighted by Crippen LogP contribution is 2.14. The molecule has 17 heavy (non-hydrogen) atoms. The summed E-state index contributed by atoms with van der Waals surface area (Å²) in [6.07, 6.45) is 0. The average Bonchev–Trinajstić information content (AvgIpc) is 2.32. The number of halogens is 2. The van der Waals surface area contributed by atoms with Gasteiger partial charge in [-0.1, -0.05) is 6.07 Å². The third-order valence-electron chi connectivity index (χ3n) is 2.84. The van der Waals surface area contributed by atoms with Gasteiger partial charge >= 0.3 is 0 Å². The molecular weight excluding hydrogens is 226 g/mol. The molecule has 1 aliphatic heterocycles. The molecule has 0 saturated carbocycles. The molecule has 1 saturated heterocycles. The van der Waals surface area contributed by atoms with Crippen molar-refractivity contribution in [3.63, 3.8) is 0 Å². The Bertz CT molecular complexity index is 437. The van der Waals surface area contributed by atoms with Crippen LogP contribution in [0.3, 0.4) is 0 Å². The van der Waals surface area contributed by atoms with Crippen molar-refractivity contribution in [2.45, 2.75) is 13.0 Å². The second kappa shape index (κ2) is 4.79. The van der Waals surface area contributed by atoms with E-state index in [9.17, 15) is 13.6 Å². The van der Waals surface area contributed by atoms with E-state index < -0.39 is 17.5 Å². The van der Waals surface area contributed by atoms with Crippen molar-refractivity contribution in [1.29, 1.82) is 0 Å². The van der Waals surface area contributed by atoms with Gasteiger partial charge in [-0.05, 0) is 19.1 Å².